The summed E-state index contributed by atoms with van der Waals surface area (Å²) in [6.07, 6.45) is 0. The van der Waals surface area contributed by atoms with Crippen LogP contribution in [0.2, 0.25) is 0 Å². The molecule has 2 aromatic rings. The number of carbonyl (C=O) groups is 1. The highest BCUT2D eigenvalue weighted by molar-refractivity contribution is 7.20. The van der Waals surface area contributed by atoms with E-state index in [1.54, 1.807) is 24.3 Å². The Labute approximate surface area is 88.0 Å². The second kappa shape index (κ2) is 3.36. The van der Waals surface area contributed by atoms with Gasteiger partial charge in [0.25, 0.3) is 0 Å². The second-order valence-corrected chi connectivity index (χ2v) is 3.96. The number of rotatable bonds is 1. The SMILES string of the molecule is O=C(O)c1sc2ccccc2c(=O)c1O. The molecule has 0 saturated heterocycles. The third-order valence-corrected chi connectivity index (χ3v) is 3.12. The summed E-state index contributed by atoms with van der Waals surface area (Å²) in [4.78, 5) is 22.0. The Balaban J connectivity index is 2.95. The van der Waals surface area contributed by atoms with Gasteiger partial charge in [0.2, 0.25) is 5.43 Å². The summed E-state index contributed by atoms with van der Waals surface area (Å²) in [5.41, 5.74) is -0.637. The second-order valence-electron chi connectivity index (χ2n) is 2.91. The van der Waals surface area contributed by atoms with Crippen molar-refractivity contribution in [2.75, 3.05) is 0 Å². The third-order valence-electron chi connectivity index (χ3n) is 1.97. The summed E-state index contributed by atoms with van der Waals surface area (Å²) >= 11 is 0.886. The summed E-state index contributed by atoms with van der Waals surface area (Å²) in [5.74, 6) is -1.98. The molecule has 1 aromatic heterocycles. The lowest BCUT2D eigenvalue weighted by Gasteiger charge is -2.00. The number of hydrogen-bond donors (Lipinski definition) is 2. The van der Waals surface area contributed by atoms with E-state index in [1.807, 2.05) is 0 Å². The van der Waals surface area contributed by atoms with Crippen LogP contribution in [0.1, 0.15) is 9.67 Å². The van der Waals surface area contributed by atoms with Crippen molar-refractivity contribution < 1.29 is 15.0 Å². The van der Waals surface area contributed by atoms with Crippen molar-refractivity contribution >= 4 is 27.4 Å². The van der Waals surface area contributed by atoms with E-state index in [-0.39, 0.29) is 4.88 Å². The molecule has 15 heavy (non-hydrogen) atoms. The van der Waals surface area contributed by atoms with Crippen molar-refractivity contribution in [1.29, 1.82) is 0 Å². The highest BCUT2D eigenvalue weighted by Crippen LogP contribution is 2.25. The van der Waals surface area contributed by atoms with Crippen molar-refractivity contribution in [2.45, 2.75) is 0 Å². The normalized spacial score (nSPS) is 10.4. The van der Waals surface area contributed by atoms with Gasteiger partial charge in [0, 0.05) is 10.1 Å². The Morgan fingerprint density at radius 1 is 1.27 bits per heavy atom. The number of hydrogen-bond acceptors (Lipinski definition) is 4. The van der Waals surface area contributed by atoms with Crippen LogP contribution in [-0.4, -0.2) is 16.2 Å². The first-order valence-corrected chi connectivity index (χ1v) is 4.91. The number of benzene rings is 1. The van der Waals surface area contributed by atoms with E-state index < -0.39 is 17.1 Å². The van der Waals surface area contributed by atoms with E-state index >= 15 is 0 Å². The van der Waals surface area contributed by atoms with Gasteiger partial charge >= 0.3 is 5.97 Å². The average molecular weight is 222 g/mol. The van der Waals surface area contributed by atoms with Crippen LogP contribution < -0.4 is 5.43 Å². The highest BCUT2D eigenvalue weighted by Gasteiger charge is 2.16. The lowest BCUT2D eigenvalue weighted by molar-refractivity contribution is 0.0699. The molecule has 5 heteroatoms. The van der Waals surface area contributed by atoms with Crippen LogP contribution in [0.4, 0.5) is 0 Å². The van der Waals surface area contributed by atoms with Crippen LogP contribution in [0.5, 0.6) is 5.75 Å². The first-order valence-electron chi connectivity index (χ1n) is 4.09. The van der Waals surface area contributed by atoms with Gasteiger partial charge in [-0.2, -0.15) is 0 Å². The molecule has 4 nitrogen and oxygen atoms in total. The Bertz CT molecular complexity index is 600. The van der Waals surface area contributed by atoms with E-state index in [1.165, 1.54) is 0 Å². The molecule has 1 heterocycles. The standard InChI is InChI=1S/C10H6O4S/c11-7-5-3-1-2-4-6(5)15-9(8(7)12)10(13)14/h1-4,12H,(H,13,14). The van der Waals surface area contributed by atoms with E-state index in [4.69, 9.17) is 5.11 Å². The molecule has 0 bridgehead atoms. The summed E-state index contributed by atoms with van der Waals surface area (Å²) in [6, 6.07) is 6.57. The summed E-state index contributed by atoms with van der Waals surface area (Å²) in [5, 5.41) is 18.5. The van der Waals surface area contributed by atoms with Crippen molar-refractivity contribution in [3.05, 3.63) is 39.4 Å². The fourth-order valence-electron chi connectivity index (χ4n) is 1.28. The highest BCUT2D eigenvalue weighted by atomic mass is 32.1. The van der Waals surface area contributed by atoms with Crippen molar-refractivity contribution in [3.8, 4) is 5.75 Å². The number of aromatic carboxylic acids is 1. The van der Waals surface area contributed by atoms with Gasteiger partial charge in [-0.05, 0) is 12.1 Å². The first kappa shape index (κ1) is 9.67. The van der Waals surface area contributed by atoms with Crippen molar-refractivity contribution in [3.63, 3.8) is 0 Å². The molecule has 0 fully saturated rings. The quantitative estimate of drug-likeness (QED) is 0.769. The molecule has 0 unspecified atom stereocenters. The van der Waals surface area contributed by atoms with Crippen LogP contribution in [0.3, 0.4) is 0 Å². The zero-order chi connectivity index (χ0) is 11.0. The molecule has 0 aliphatic heterocycles. The molecule has 2 N–H and O–H groups in total. The molecule has 1 aromatic carbocycles. The van der Waals surface area contributed by atoms with Gasteiger partial charge < -0.3 is 10.2 Å². The summed E-state index contributed by atoms with van der Waals surface area (Å²) in [6.45, 7) is 0. The van der Waals surface area contributed by atoms with E-state index in [9.17, 15) is 14.7 Å². The number of carboxylic acid groups (broad SMARTS) is 1. The minimum Gasteiger partial charge on any atom is -0.503 e. The number of aromatic hydroxyl groups is 1. The predicted molar refractivity (Wildman–Crippen MR) is 56.7 cm³/mol. The first-order chi connectivity index (χ1) is 7.11. The monoisotopic (exact) mass is 222 g/mol. The zero-order valence-electron chi connectivity index (χ0n) is 7.43. The van der Waals surface area contributed by atoms with Gasteiger partial charge in [-0.15, -0.1) is 11.3 Å². The Kier molecular flexibility index (Phi) is 2.17. The fourth-order valence-corrected chi connectivity index (χ4v) is 2.19. The average Bonchev–Trinajstić information content (AvgIpc) is 2.23. The maximum atomic E-state index is 11.5. The van der Waals surface area contributed by atoms with Crippen LogP contribution in [-0.2, 0) is 0 Å². The van der Waals surface area contributed by atoms with Crippen LogP contribution in [0, 0.1) is 0 Å². The van der Waals surface area contributed by atoms with Crippen molar-refractivity contribution in [1.82, 2.24) is 0 Å². The maximum Gasteiger partial charge on any atom is 0.349 e. The molecule has 0 aliphatic carbocycles. The minimum absolute atomic E-state index is 0.321. The number of fused-ring (bicyclic) bond motifs is 1. The van der Waals surface area contributed by atoms with Gasteiger partial charge in [0.05, 0.1) is 0 Å². The van der Waals surface area contributed by atoms with Crippen LogP contribution in [0.15, 0.2) is 29.1 Å². The van der Waals surface area contributed by atoms with Crippen molar-refractivity contribution in [2.24, 2.45) is 0 Å². The number of carboxylic acids is 1. The summed E-state index contributed by atoms with van der Waals surface area (Å²) in [7, 11) is 0. The van der Waals surface area contributed by atoms with Gasteiger partial charge in [-0.25, -0.2) is 4.79 Å². The predicted octanol–water partition coefficient (Wildman–Crippen LogP) is 1.67. The molecule has 76 valence electrons. The fraction of sp³-hybridized carbons (Fsp3) is 0. The van der Waals surface area contributed by atoms with Gasteiger partial charge in [0.1, 0.15) is 0 Å². The minimum atomic E-state index is -1.29. The topological polar surface area (TPSA) is 74.6 Å². The molecule has 0 aliphatic rings. The summed E-state index contributed by atoms with van der Waals surface area (Å²) < 4.78 is 0.553. The van der Waals surface area contributed by atoms with E-state index in [2.05, 4.69) is 0 Å². The maximum absolute atomic E-state index is 11.5. The van der Waals surface area contributed by atoms with Crippen LogP contribution in [0.25, 0.3) is 10.1 Å². The third kappa shape index (κ3) is 1.46. The van der Waals surface area contributed by atoms with E-state index in [0.29, 0.717) is 10.1 Å². The Morgan fingerprint density at radius 2 is 1.93 bits per heavy atom. The lowest BCUT2D eigenvalue weighted by Crippen LogP contribution is -2.06. The van der Waals surface area contributed by atoms with E-state index in [0.717, 1.165) is 11.3 Å². The largest absolute Gasteiger partial charge is 0.503 e. The molecule has 0 amide bonds. The Morgan fingerprint density at radius 3 is 2.60 bits per heavy atom. The molecule has 0 saturated carbocycles. The molecule has 0 atom stereocenters. The lowest BCUT2D eigenvalue weighted by atomic mass is 10.2. The van der Waals surface area contributed by atoms with Gasteiger partial charge in [-0.3, -0.25) is 4.79 Å². The van der Waals surface area contributed by atoms with Crippen LogP contribution >= 0.6 is 11.3 Å². The molecule has 0 spiro atoms. The molecular formula is C10H6O4S. The molecular weight excluding hydrogens is 216 g/mol. The zero-order valence-corrected chi connectivity index (χ0v) is 8.25. The van der Waals surface area contributed by atoms with Gasteiger partial charge in [-0.1, -0.05) is 12.1 Å². The van der Waals surface area contributed by atoms with Gasteiger partial charge in [0.15, 0.2) is 10.6 Å². The smallest absolute Gasteiger partial charge is 0.349 e. The Hall–Kier alpha value is -1.88. The molecule has 0 radical (unpaired) electrons. The molecule has 2 rings (SSSR count).